The quantitative estimate of drug-likeness (QED) is 0.480. The maximum absolute atomic E-state index is 13.4. The topological polar surface area (TPSA) is 69.0 Å². The Labute approximate surface area is 194 Å². The number of esters is 1. The van der Waals surface area contributed by atoms with Crippen molar-refractivity contribution in [1.82, 2.24) is 4.90 Å². The molecule has 174 valence electrons. The minimum absolute atomic E-state index is 0.0749. The van der Waals surface area contributed by atoms with Gasteiger partial charge in [-0.25, -0.2) is 0 Å². The lowest BCUT2D eigenvalue weighted by Gasteiger charge is -2.32. The second-order valence-corrected chi connectivity index (χ2v) is 9.57. The van der Waals surface area contributed by atoms with E-state index in [0.29, 0.717) is 55.2 Å². The van der Waals surface area contributed by atoms with Gasteiger partial charge in [-0.3, -0.25) is 9.59 Å². The number of carbonyl (C=O) groups is 2. The molecule has 0 N–H and O–H groups in total. The zero-order valence-electron chi connectivity index (χ0n) is 19.7. The minimum Gasteiger partial charge on any atom is -0.489 e. The first-order valence-corrected chi connectivity index (χ1v) is 11.4. The lowest BCUT2D eigenvalue weighted by atomic mass is 9.96. The second kappa shape index (κ2) is 9.30. The first-order chi connectivity index (χ1) is 15.7. The molecule has 1 aliphatic heterocycles. The van der Waals surface area contributed by atoms with E-state index < -0.39 is 5.60 Å². The van der Waals surface area contributed by atoms with Gasteiger partial charge in [-0.05, 0) is 64.3 Å². The van der Waals surface area contributed by atoms with Crippen LogP contribution in [0.15, 0.2) is 52.9 Å². The molecule has 0 aliphatic carbocycles. The van der Waals surface area contributed by atoms with Crippen LogP contribution in [0.2, 0.25) is 0 Å². The van der Waals surface area contributed by atoms with E-state index in [2.05, 4.69) is 0 Å². The molecule has 2 aromatic carbocycles. The van der Waals surface area contributed by atoms with E-state index in [4.69, 9.17) is 13.9 Å². The monoisotopic (exact) mass is 449 g/mol. The summed E-state index contributed by atoms with van der Waals surface area (Å²) in [5.41, 5.74) is 1.79. The Morgan fingerprint density at radius 3 is 2.42 bits per heavy atom. The molecular formula is C27H31NO5. The Balaban J connectivity index is 1.46. The number of ether oxygens (including phenoxy) is 2. The molecule has 6 nitrogen and oxygen atoms in total. The molecule has 0 bridgehead atoms. The largest absolute Gasteiger partial charge is 0.489 e. The fourth-order valence-electron chi connectivity index (χ4n) is 4.16. The number of fused-ring (bicyclic) bond motifs is 1. The van der Waals surface area contributed by atoms with E-state index in [1.165, 1.54) is 0 Å². The van der Waals surface area contributed by atoms with Crippen molar-refractivity contribution in [1.29, 1.82) is 0 Å². The van der Waals surface area contributed by atoms with Crippen molar-refractivity contribution in [3.05, 3.63) is 65.4 Å². The van der Waals surface area contributed by atoms with Gasteiger partial charge in [0.2, 0.25) is 0 Å². The lowest BCUT2D eigenvalue weighted by molar-refractivity contribution is -0.161. The van der Waals surface area contributed by atoms with Gasteiger partial charge in [0.05, 0.1) is 11.5 Å². The van der Waals surface area contributed by atoms with E-state index in [0.717, 1.165) is 10.9 Å². The standard InChI is InChI=1S/C27H31NO5/c1-18-24(25(29)28-14-12-20(13-15-28)26(30)33-27(2,3)4)22-16-21(10-11-23(22)32-18)31-17-19-8-6-5-7-9-19/h5-11,16,20H,12-15,17H2,1-4H3. The van der Waals surface area contributed by atoms with Gasteiger partial charge in [0.15, 0.2) is 0 Å². The highest BCUT2D eigenvalue weighted by atomic mass is 16.6. The van der Waals surface area contributed by atoms with Gasteiger partial charge in [0, 0.05) is 18.5 Å². The van der Waals surface area contributed by atoms with Crippen LogP contribution < -0.4 is 4.74 Å². The molecule has 6 heteroatoms. The molecule has 1 aliphatic rings. The summed E-state index contributed by atoms with van der Waals surface area (Å²) in [5.74, 6) is 0.844. The molecule has 33 heavy (non-hydrogen) atoms. The van der Waals surface area contributed by atoms with Crippen LogP contribution in [0.3, 0.4) is 0 Å². The van der Waals surface area contributed by atoms with Gasteiger partial charge in [-0.1, -0.05) is 30.3 Å². The van der Waals surface area contributed by atoms with E-state index in [-0.39, 0.29) is 17.8 Å². The van der Waals surface area contributed by atoms with Gasteiger partial charge in [0.1, 0.15) is 29.3 Å². The molecule has 1 fully saturated rings. The summed E-state index contributed by atoms with van der Waals surface area (Å²) in [5, 5.41) is 0.748. The smallest absolute Gasteiger partial charge is 0.309 e. The summed E-state index contributed by atoms with van der Waals surface area (Å²) in [6.07, 6.45) is 1.20. The van der Waals surface area contributed by atoms with Crippen LogP contribution >= 0.6 is 0 Å². The summed E-state index contributed by atoms with van der Waals surface area (Å²) in [6, 6.07) is 15.5. The van der Waals surface area contributed by atoms with Gasteiger partial charge < -0.3 is 18.8 Å². The van der Waals surface area contributed by atoms with Crippen LogP contribution in [-0.4, -0.2) is 35.5 Å². The Kier molecular flexibility index (Phi) is 6.45. The van der Waals surface area contributed by atoms with Crippen molar-refractivity contribution < 1.29 is 23.5 Å². The normalized spacial score (nSPS) is 15.0. The third-order valence-electron chi connectivity index (χ3n) is 5.82. The first kappa shape index (κ1) is 22.9. The number of nitrogens with zero attached hydrogens (tertiary/aromatic N) is 1. The summed E-state index contributed by atoms with van der Waals surface area (Å²) >= 11 is 0. The molecule has 0 radical (unpaired) electrons. The number of piperidine rings is 1. The van der Waals surface area contributed by atoms with Crippen LogP contribution in [0, 0.1) is 12.8 Å². The molecule has 2 heterocycles. The number of likely N-dealkylation sites (tertiary alicyclic amines) is 1. The van der Waals surface area contributed by atoms with Gasteiger partial charge in [0.25, 0.3) is 5.91 Å². The number of aryl methyl sites for hydroxylation is 1. The molecule has 0 unspecified atom stereocenters. The van der Waals surface area contributed by atoms with Gasteiger partial charge in [-0.2, -0.15) is 0 Å². The van der Waals surface area contributed by atoms with E-state index in [1.807, 2.05) is 76.2 Å². The number of carbonyl (C=O) groups excluding carboxylic acids is 2. The van der Waals surface area contributed by atoms with Crippen LogP contribution in [0.1, 0.15) is 55.3 Å². The lowest BCUT2D eigenvalue weighted by Crippen LogP contribution is -2.41. The number of rotatable bonds is 5. The maximum Gasteiger partial charge on any atom is 0.309 e. The fourth-order valence-corrected chi connectivity index (χ4v) is 4.16. The molecule has 0 atom stereocenters. The van der Waals surface area contributed by atoms with E-state index in [1.54, 1.807) is 4.90 Å². The Morgan fingerprint density at radius 2 is 1.76 bits per heavy atom. The highest BCUT2D eigenvalue weighted by molar-refractivity contribution is 6.07. The number of hydrogen-bond donors (Lipinski definition) is 0. The highest BCUT2D eigenvalue weighted by Crippen LogP contribution is 2.32. The molecule has 0 saturated carbocycles. The predicted molar refractivity (Wildman–Crippen MR) is 126 cm³/mol. The number of furan rings is 1. The summed E-state index contributed by atoms with van der Waals surface area (Å²) in [7, 11) is 0. The minimum atomic E-state index is -0.503. The van der Waals surface area contributed by atoms with Crippen molar-refractivity contribution in [2.45, 2.75) is 52.7 Å². The number of amides is 1. The van der Waals surface area contributed by atoms with Crippen molar-refractivity contribution in [2.24, 2.45) is 5.92 Å². The summed E-state index contributed by atoms with van der Waals surface area (Å²) < 4.78 is 17.3. The molecule has 3 aromatic rings. The molecule has 1 amide bonds. The van der Waals surface area contributed by atoms with Crippen molar-refractivity contribution in [3.8, 4) is 5.75 Å². The van der Waals surface area contributed by atoms with Crippen LogP contribution in [0.4, 0.5) is 0 Å². The highest BCUT2D eigenvalue weighted by Gasteiger charge is 2.32. The summed E-state index contributed by atoms with van der Waals surface area (Å²) in [6.45, 7) is 8.89. The van der Waals surface area contributed by atoms with Crippen LogP contribution in [0.5, 0.6) is 5.75 Å². The first-order valence-electron chi connectivity index (χ1n) is 11.4. The van der Waals surface area contributed by atoms with Crippen LogP contribution in [-0.2, 0) is 16.1 Å². The van der Waals surface area contributed by atoms with Crippen molar-refractivity contribution >= 4 is 22.8 Å². The van der Waals surface area contributed by atoms with Gasteiger partial charge >= 0.3 is 5.97 Å². The van der Waals surface area contributed by atoms with Crippen LogP contribution in [0.25, 0.3) is 11.0 Å². The SMILES string of the molecule is Cc1oc2ccc(OCc3ccccc3)cc2c1C(=O)N1CCC(C(=O)OC(C)(C)C)CC1. The average molecular weight is 450 g/mol. The maximum atomic E-state index is 13.4. The van der Waals surface area contributed by atoms with Gasteiger partial charge in [-0.15, -0.1) is 0 Å². The zero-order valence-corrected chi connectivity index (χ0v) is 19.7. The molecular weight excluding hydrogens is 418 g/mol. The zero-order chi connectivity index (χ0) is 23.6. The molecule has 0 spiro atoms. The Bertz CT molecular complexity index is 1130. The van der Waals surface area contributed by atoms with Crippen molar-refractivity contribution in [2.75, 3.05) is 13.1 Å². The van der Waals surface area contributed by atoms with E-state index >= 15 is 0 Å². The molecule has 4 rings (SSSR count). The average Bonchev–Trinajstić information content (AvgIpc) is 3.12. The fraction of sp³-hybridized carbons (Fsp3) is 0.407. The predicted octanol–water partition coefficient (Wildman–Crippen LogP) is 5.51. The molecule has 1 aromatic heterocycles. The second-order valence-electron chi connectivity index (χ2n) is 9.57. The molecule has 1 saturated heterocycles. The van der Waals surface area contributed by atoms with E-state index in [9.17, 15) is 9.59 Å². The Hall–Kier alpha value is -3.28. The van der Waals surface area contributed by atoms with Crippen molar-refractivity contribution in [3.63, 3.8) is 0 Å². The Morgan fingerprint density at radius 1 is 1.06 bits per heavy atom. The third-order valence-corrected chi connectivity index (χ3v) is 5.82. The number of benzene rings is 2. The third kappa shape index (κ3) is 5.38. The number of hydrogen-bond acceptors (Lipinski definition) is 5. The summed E-state index contributed by atoms with van der Waals surface area (Å²) in [4.78, 5) is 27.6.